The van der Waals surface area contributed by atoms with E-state index in [4.69, 9.17) is 11.5 Å². The van der Waals surface area contributed by atoms with Crippen molar-refractivity contribution < 1.29 is 9.18 Å². The van der Waals surface area contributed by atoms with Gasteiger partial charge in [-0.3, -0.25) is 10.5 Å². The van der Waals surface area contributed by atoms with Crippen LogP contribution in [0.4, 0.5) is 10.1 Å². The van der Waals surface area contributed by atoms with Crippen molar-refractivity contribution in [3.63, 3.8) is 0 Å². The SMILES string of the molecule is NC1=NC(N)(c2ccc(NC(=O)c3cccc(Br)n3)cc2)C(F)=CN1. The van der Waals surface area contributed by atoms with E-state index in [1.807, 2.05) is 0 Å². The van der Waals surface area contributed by atoms with Crippen LogP contribution >= 0.6 is 15.9 Å². The van der Waals surface area contributed by atoms with Crippen LogP contribution in [0.2, 0.25) is 0 Å². The number of amides is 1. The summed E-state index contributed by atoms with van der Waals surface area (Å²) in [6, 6.07) is 11.4. The van der Waals surface area contributed by atoms with Crippen LogP contribution in [0.1, 0.15) is 16.1 Å². The van der Waals surface area contributed by atoms with Crippen molar-refractivity contribution in [2.24, 2.45) is 16.5 Å². The Bertz CT molecular complexity index is 882. The Morgan fingerprint density at radius 3 is 2.64 bits per heavy atom. The molecular weight excluding hydrogens is 391 g/mol. The zero-order valence-electron chi connectivity index (χ0n) is 12.8. The van der Waals surface area contributed by atoms with E-state index in [1.54, 1.807) is 42.5 Å². The number of aliphatic imine (C=N–C) groups is 1. The topological polar surface area (TPSA) is 118 Å². The number of carbonyl (C=O) groups excluding carboxylic acids is 1. The number of guanidine groups is 1. The fraction of sp³-hybridized carbons (Fsp3) is 0.0625. The molecule has 1 aromatic heterocycles. The van der Waals surface area contributed by atoms with Gasteiger partial charge >= 0.3 is 0 Å². The van der Waals surface area contributed by atoms with Crippen LogP contribution in [0, 0.1) is 0 Å². The van der Waals surface area contributed by atoms with E-state index >= 15 is 0 Å². The Balaban J connectivity index is 1.80. The smallest absolute Gasteiger partial charge is 0.274 e. The minimum absolute atomic E-state index is 0.0157. The second kappa shape index (κ2) is 6.61. The molecule has 1 atom stereocenters. The van der Waals surface area contributed by atoms with Crippen LogP contribution < -0.4 is 22.1 Å². The molecule has 128 valence electrons. The van der Waals surface area contributed by atoms with Gasteiger partial charge in [0, 0.05) is 17.5 Å². The van der Waals surface area contributed by atoms with E-state index in [0.29, 0.717) is 15.9 Å². The molecule has 1 aliphatic heterocycles. The Labute approximate surface area is 151 Å². The first kappa shape index (κ1) is 17.1. The van der Waals surface area contributed by atoms with Crippen molar-refractivity contribution in [3.8, 4) is 0 Å². The first-order valence-electron chi connectivity index (χ1n) is 7.20. The number of pyridine rings is 1. The van der Waals surface area contributed by atoms with Crippen molar-refractivity contribution >= 4 is 33.5 Å². The molecule has 0 bridgehead atoms. The van der Waals surface area contributed by atoms with E-state index in [-0.39, 0.29) is 17.6 Å². The third-order valence-electron chi connectivity index (χ3n) is 3.54. The minimum atomic E-state index is -1.69. The molecule has 0 aliphatic carbocycles. The van der Waals surface area contributed by atoms with Gasteiger partial charge in [0.25, 0.3) is 5.91 Å². The third kappa shape index (κ3) is 3.52. The second-order valence-corrected chi connectivity index (χ2v) is 6.09. The lowest BCUT2D eigenvalue weighted by Gasteiger charge is -2.27. The van der Waals surface area contributed by atoms with E-state index in [2.05, 4.69) is 36.5 Å². The van der Waals surface area contributed by atoms with E-state index in [9.17, 15) is 9.18 Å². The number of hydrogen-bond donors (Lipinski definition) is 4. The predicted molar refractivity (Wildman–Crippen MR) is 96.1 cm³/mol. The van der Waals surface area contributed by atoms with Gasteiger partial charge in [-0.25, -0.2) is 14.4 Å². The van der Waals surface area contributed by atoms with Gasteiger partial charge < -0.3 is 16.4 Å². The summed E-state index contributed by atoms with van der Waals surface area (Å²) < 4.78 is 14.6. The number of nitrogens with one attached hydrogen (secondary N) is 2. The van der Waals surface area contributed by atoms with Gasteiger partial charge in [0.15, 0.2) is 17.4 Å². The number of carbonyl (C=O) groups is 1. The zero-order valence-corrected chi connectivity index (χ0v) is 14.4. The number of benzene rings is 1. The normalized spacial score (nSPS) is 19.5. The summed E-state index contributed by atoms with van der Waals surface area (Å²) in [6.45, 7) is 0. The molecule has 0 radical (unpaired) electrons. The molecule has 0 fully saturated rings. The van der Waals surface area contributed by atoms with Crippen LogP contribution in [-0.2, 0) is 5.66 Å². The lowest BCUT2D eigenvalue weighted by molar-refractivity contribution is 0.102. The van der Waals surface area contributed by atoms with Crippen LogP contribution in [0.15, 0.2) is 64.1 Å². The highest BCUT2D eigenvalue weighted by atomic mass is 79.9. The minimum Gasteiger partial charge on any atom is -0.370 e. The first-order valence-corrected chi connectivity index (χ1v) is 7.99. The highest BCUT2D eigenvalue weighted by Gasteiger charge is 2.35. The molecule has 9 heteroatoms. The summed E-state index contributed by atoms with van der Waals surface area (Å²) in [7, 11) is 0. The largest absolute Gasteiger partial charge is 0.370 e. The van der Waals surface area contributed by atoms with Crippen LogP contribution in [0.5, 0.6) is 0 Å². The molecule has 1 unspecified atom stereocenters. The second-order valence-electron chi connectivity index (χ2n) is 5.28. The molecule has 2 heterocycles. The van der Waals surface area contributed by atoms with Gasteiger partial charge in [-0.15, -0.1) is 0 Å². The first-order chi connectivity index (χ1) is 11.9. The lowest BCUT2D eigenvalue weighted by atomic mass is 9.98. The molecule has 1 amide bonds. The van der Waals surface area contributed by atoms with Crippen LogP contribution in [-0.4, -0.2) is 16.9 Å². The van der Waals surface area contributed by atoms with Gasteiger partial charge in [-0.2, -0.15) is 0 Å². The number of nitrogens with zero attached hydrogens (tertiary/aromatic N) is 2. The van der Waals surface area contributed by atoms with Crippen molar-refractivity contribution in [2.45, 2.75) is 5.66 Å². The molecule has 2 aromatic rings. The highest BCUT2D eigenvalue weighted by Crippen LogP contribution is 2.31. The average molecular weight is 405 g/mol. The Kier molecular flexibility index (Phi) is 4.51. The number of aromatic nitrogens is 1. The van der Waals surface area contributed by atoms with Crippen molar-refractivity contribution in [1.29, 1.82) is 0 Å². The van der Waals surface area contributed by atoms with Gasteiger partial charge in [-0.05, 0) is 40.2 Å². The maximum atomic E-state index is 14.1. The van der Waals surface area contributed by atoms with Crippen molar-refractivity contribution in [3.05, 3.63) is 70.4 Å². The lowest BCUT2D eigenvalue weighted by Crippen LogP contribution is -2.44. The van der Waals surface area contributed by atoms with E-state index < -0.39 is 11.5 Å². The quantitative estimate of drug-likeness (QED) is 0.582. The summed E-state index contributed by atoms with van der Waals surface area (Å²) in [5.74, 6) is -1.02. The van der Waals surface area contributed by atoms with E-state index in [1.165, 1.54) is 0 Å². The maximum absolute atomic E-state index is 14.1. The summed E-state index contributed by atoms with van der Waals surface area (Å²) >= 11 is 3.21. The molecule has 25 heavy (non-hydrogen) atoms. The average Bonchev–Trinajstić information content (AvgIpc) is 2.59. The summed E-state index contributed by atoms with van der Waals surface area (Å²) in [4.78, 5) is 20.2. The Morgan fingerprint density at radius 2 is 1.96 bits per heavy atom. The van der Waals surface area contributed by atoms with Crippen molar-refractivity contribution in [2.75, 3.05) is 5.32 Å². The van der Waals surface area contributed by atoms with Gasteiger partial charge in [0.1, 0.15) is 10.3 Å². The molecule has 1 aromatic carbocycles. The summed E-state index contributed by atoms with van der Waals surface area (Å²) in [6.07, 6.45) is 1.07. The van der Waals surface area contributed by atoms with Gasteiger partial charge in [0.05, 0.1) is 0 Å². The number of halogens is 2. The molecule has 6 N–H and O–H groups in total. The molecular formula is C16H14BrFN6O. The fourth-order valence-corrected chi connectivity index (χ4v) is 2.61. The zero-order chi connectivity index (χ0) is 18.0. The van der Waals surface area contributed by atoms with Crippen LogP contribution in [0.25, 0.3) is 0 Å². The van der Waals surface area contributed by atoms with Crippen LogP contribution in [0.3, 0.4) is 0 Å². The summed E-state index contributed by atoms with van der Waals surface area (Å²) in [5.41, 5.74) is 11.1. The number of rotatable bonds is 3. The Hall–Kier alpha value is -2.78. The molecule has 7 nitrogen and oxygen atoms in total. The molecule has 3 rings (SSSR count). The number of anilines is 1. The monoisotopic (exact) mass is 404 g/mol. The molecule has 1 aliphatic rings. The number of nitrogens with two attached hydrogens (primary N) is 2. The predicted octanol–water partition coefficient (Wildman–Crippen LogP) is 1.94. The standard InChI is InChI=1S/C16H14BrFN6O/c17-13-3-1-2-11(23-13)14(25)22-10-6-4-9(5-7-10)16(20)12(18)8-21-15(19)24-16/h1-8H,20H2,(H,22,25)(H3,19,21,24). The molecule has 0 spiro atoms. The highest BCUT2D eigenvalue weighted by molar-refractivity contribution is 9.10. The maximum Gasteiger partial charge on any atom is 0.274 e. The Morgan fingerprint density at radius 1 is 1.24 bits per heavy atom. The number of hydrogen-bond acceptors (Lipinski definition) is 6. The molecule has 0 saturated heterocycles. The van der Waals surface area contributed by atoms with Gasteiger partial charge in [-0.1, -0.05) is 18.2 Å². The van der Waals surface area contributed by atoms with E-state index in [0.717, 1.165) is 6.20 Å². The van der Waals surface area contributed by atoms with Crippen molar-refractivity contribution in [1.82, 2.24) is 10.3 Å². The molecule has 0 saturated carbocycles. The summed E-state index contributed by atoms with van der Waals surface area (Å²) in [5, 5.41) is 5.16. The van der Waals surface area contributed by atoms with Gasteiger partial charge in [0.2, 0.25) is 0 Å². The third-order valence-corrected chi connectivity index (χ3v) is 3.98. The fourth-order valence-electron chi connectivity index (χ4n) is 2.26.